The van der Waals surface area contributed by atoms with Crippen LogP contribution in [0.2, 0.25) is 18.1 Å². The van der Waals surface area contributed by atoms with E-state index in [4.69, 9.17) is 0 Å². The van der Waals surface area contributed by atoms with Crippen molar-refractivity contribution in [2.24, 2.45) is 11.8 Å². The Balaban J connectivity index is 1.34. The fraction of sp³-hybridized carbons (Fsp3) is 0.571. The van der Waals surface area contributed by atoms with E-state index in [0.29, 0.717) is 5.92 Å². The molecule has 0 spiro atoms. The number of rotatable bonds is 7. The van der Waals surface area contributed by atoms with E-state index in [9.17, 15) is 8.78 Å². The van der Waals surface area contributed by atoms with E-state index in [1.807, 2.05) is 6.07 Å². The van der Waals surface area contributed by atoms with Crippen LogP contribution in [0.15, 0.2) is 42.5 Å². The third kappa shape index (κ3) is 5.66. The summed E-state index contributed by atoms with van der Waals surface area (Å²) in [5.41, 5.74) is 3.19. The van der Waals surface area contributed by atoms with Crippen LogP contribution in [0.25, 0.3) is 11.1 Å². The van der Waals surface area contributed by atoms with Crippen LogP contribution in [-0.2, 0) is 0 Å². The summed E-state index contributed by atoms with van der Waals surface area (Å²) in [5, 5.41) is 0. The van der Waals surface area contributed by atoms with Crippen molar-refractivity contribution in [2.45, 2.75) is 88.8 Å². The average Bonchev–Trinajstić information content (AvgIpc) is 2.82. The molecule has 0 radical (unpaired) electrons. The lowest BCUT2D eigenvalue weighted by molar-refractivity contribution is 0.216. The molecular formula is C28H38F2Si. The van der Waals surface area contributed by atoms with Crippen molar-refractivity contribution in [1.29, 1.82) is 0 Å². The van der Waals surface area contributed by atoms with E-state index in [1.165, 1.54) is 75.5 Å². The summed E-state index contributed by atoms with van der Waals surface area (Å²) in [4.78, 5) is 0. The summed E-state index contributed by atoms with van der Waals surface area (Å²) in [7, 11) is -0.419. The molecule has 1 aliphatic heterocycles. The molecule has 1 saturated heterocycles. The van der Waals surface area contributed by atoms with E-state index in [2.05, 4.69) is 25.1 Å². The lowest BCUT2D eigenvalue weighted by Gasteiger charge is -2.38. The van der Waals surface area contributed by atoms with Gasteiger partial charge in [0, 0.05) is 8.80 Å². The SMILES string of the molecule is CCCCC[SiH]1CCC(C2CCC(c3ccccc3-c3ccc(F)c(F)c3)CC2)CC1. The van der Waals surface area contributed by atoms with Crippen LogP contribution in [0.4, 0.5) is 8.78 Å². The summed E-state index contributed by atoms with van der Waals surface area (Å²) in [6, 6.07) is 17.5. The van der Waals surface area contributed by atoms with Gasteiger partial charge in [0.25, 0.3) is 0 Å². The Hall–Kier alpha value is -1.48. The first-order valence-corrected chi connectivity index (χ1v) is 15.1. The Morgan fingerprint density at radius 1 is 0.806 bits per heavy atom. The third-order valence-electron chi connectivity index (χ3n) is 8.18. The van der Waals surface area contributed by atoms with E-state index < -0.39 is 20.4 Å². The maximum absolute atomic E-state index is 13.8. The van der Waals surface area contributed by atoms with Crippen molar-refractivity contribution < 1.29 is 8.78 Å². The van der Waals surface area contributed by atoms with Crippen LogP contribution in [-0.4, -0.2) is 8.80 Å². The second-order valence-corrected chi connectivity index (χ2v) is 13.6. The highest BCUT2D eigenvalue weighted by atomic mass is 28.3. The van der Waals surface area contributed by atoms with Crippen molar-refractivity contribution in [3.63, 3.8) is 0 Å². The molecule has 0 amide bonds. The lowest BCUT2D eigenvalue weighted by atomic mass is 9.71. The minimum absolute atomic E-state index is 0.419. The van der Waals surface area contributed by atoms with Gasteiger partial charge in [-0.25, -0.2) is 8.78 Å². The Bertz CT molecular complexity index is 833. The first kappa shape index (κ1) is 22.7. The van der Waals surface area contributed by atoms with Gasteiger partial charge in [-0.1, -0.05) is 87.5 Å². The largest absolute Gasteiger partial charge is 0.204 e. The topological polar surface area (TPSA) is 0 Å². The zero-order chi connectivity index (χ0) is 21.6. The van der Waals surface area contributed by atoms with Crippen molar-refractivity contribution in [3.05, 3.63) is 59.7 Å². The molecule has 0 aromatic heterocycles. The zero-order valence-corrected chi connectivity index (χ0v) is 20.2. The summed E-state index contributed by atoms with van der Waals surface area (Å²) >= 11 is 0. The molecule has 1 heterocycles. The summed E-state index contributed by atoms with van der Waals surface area (Å²) in [5.74, 6) is 0.893. The standard InChI is InChI=1S/C28H38F2Si/c1-2-3-6-17-31-18-15-22(16-19-31)21-9-11-23(12-10-21)25-7-4-5-8-26(25)24-13-14-27(29)28(30)20-24/h4-5,7-8,13-14,20-23,31H,2-3,6,9-12,15-19H2,1H3. The number of benzene rings is 2. The molecule has 31 heavy (non-hydrogen) atoms. The van der Waals surface area contributed by atoms with Gasteiger partial charge in [-0.3, -0.25) is 0 Å². The fourth-order valence-electron chi connectivity index (χ4n) is 6.31. The fourth-order valence-corrected chi connectivity index (χ4v) is 9.84. The highest BCUT2D eigenvalue weighted by Gasteiger charge is 2.32. The summed E-state index contributed by atoms with van der Waals surface area (Å²) in [6.45, 7) is 2.31. The molecule has 2 aromatic rings. The molecule has 3 heteroatoms. The number of hydrogen-bond donors (Lipinski definition) is 0. The third-order valence-corrected chi connectivity index (χ3v) is 11.7. The smallest absolute Gasteiger partial charge is 0.159 e. The first-order valence-electron chi connectivity index (χ1n) is 12.7. The highest BCUT2D eigenvalue weighted by Crippen LogP contribution is 2.45. The Labute approximate surface area is 189 Å². The van der Waals surface area contributed by atoms with Gasteiger partial charge in [0.2, 0.25) is 0 Å². The highest BCUT2D eigenvalue weighted by molar-refractivity contribution is 6.58. The minimum atomic E-state index is -0.773. The molecule has 1 saturated carbocycles. The van der Waals surface area contributed by atoms with E-state index in [1.54, 1.807) is 24.2 Å². The van der Waals surface area contributed by atoms with Gasteiger partial charge in [0.1, 0.15) is 0 Å². The molecule has 2 aliphatic rings. The number of hydrogen-bond acceptors (Lipinski definition) is 0. The predicted octanol–water partition coefficient (Wildman–Crippen LogP) is 8.73. The van der Waals surface area contributed by atoms with E-state index >= 15 is 0 Å². The van der Waals surface area contributed by atoms with E-state index in [0.717, 1.165) is 23.0 Å². The predicted molar refractivity (Wildman–Crippen MR) is 130 cm³/mol. The molecular weight excluding hydrogens is 402 g/mol. The number of unbranched alkanes of at least 4 members (excludes halogenated alkanes) is 2. The summed E-state index contributed by atoms with van der Waals surface area (Å²) in [6.07, 6.45) is 12.4. The van der Waals surface area contributed by atoms with Crippen LogP contribution in [0.3, 0.4) is 0 Å². The second-order valence-electron chi connectivity index (χ2n) is 10.1. The molecule has 0 bridgehead atoms. The van der Waals surface area contributed by atoms with Gasteiger partial charge in [0.05, 0.1) is 0 Å². The molecule has 0 nitrogen and oxygen atoms in total. The Kier molecular flexibility index (Phi) is 7.98. The van der Waals surface area contributed by atoms with Crippen LogP contribution in [0.5, 0.6) is 0 Å². The van der Waals surface area contributed by atoms with Gasteiger partial charge < -0.3 is 0 Å². The van der Waals surface area contributed by atoms with Gasteiger partial charge in [-0.15, -0.1) is 0 Å². The van der Waals surface area contributed by atoms with Crippen molar-refractivity contribution >= 4 is 8.80 Å². The van der Waals surface area contributed by atoms with Crippen molar-refractivity contribution in [1.82, 2.24) is 0 Å². The van der Waals surface area contributed by atoms with Gasteiger partial charge >= 0.3 is 0 Å². The van der Waals surface area contributed by atoms with Gasteiger partial charge in [0.15, 0.2) is 11.6 Å². The Morgan fingerprint density at radius 3 is 2.23 bits per heavy atom. The monoisotopic (exact) mass is 440 g/mol. The molecule has 2 aromatic carbocycles. The molecule has 0 N–H and O–H groups in total. The van der Waals surface area contributed by atoms with Crippen molar-refractivity contribution in [3.8, 4) is 11.1 Å². The molecule has 0 unspecified atom stereocenters. The number of halogens is 2. The quantitative estimate of drug-likeness (QED) is 0.298. The van der Waals surface area contributed by atoms with Crippen LogP contribution in [0.1, 0.15) is 76.2 Å². The molecule has 168 valence electrons. The van der Waals surface area contributed by atoms with Crippen LogP contribution in [0, 0.1) is 23.5 Å². The molecule has 0 atom stereocenters. The first-order chi connectivity index (χ1) is 15.2. The molecule has 2 fully saturated rings. The molecule has 4 rings (SSSR count). The normalized spacial score (nSPS) is 26.7. The Morgan fingerprint density at radius 2 is 1.52 bits per heavy atom. The van der Waals surface area contributed by atoms with Gasteiger partial charge in [-0.2, -0.15) is 0 Å². The zero-order valence-electron chi connectivity index (χ0n) is 19.1. The van der Waals surface area contributed by atoms with Gasteiger partial charge in [-0.05, 0) is 72.3 Å². The van der Waals surface area contributed by atoms with E-state index in [-0.39, 0.29) is 0 Å². The van der Waals surface area contributed by atoms with Crippen LogP contribution < -0.4 is 0 Å². The maximum atomic E-state index is 13.8. The van der Waals surface area contributed by atoms with Crippen LogP contribution >= 0.6 is 0 Å². The molecule has 1 aliphatic carbocycles. The maximum Gasteiger partial charge on any atom is 0.159 e. The lowest BCUT2D eigenvalue weighted by Crippen LogP contribution is -2.28. The minimum Gasteiger partial charge on any atom is -0.204 e. The second kappa shape index (κ2) is 10.9. The summed E-state index contributed by atoms with van der Waals surface area (Å²) < 4.78 is 27.3. The average molecular weight is 441 g/mol. The van der Waals surface area contributed by atoms with Crippen molar-refractivity contribution in [2.75, 3.05) is 0 Å².